The maximum absolute atomic E-state index is 5.96. The molecule has 0 aliphatic carbocycles. The van der Waals surface area contributed by atoms with Gasteiger partial charge in [0.15, 0.2) is 0 Å². The molecule has 1 fully saturated rings. The standard InChI is InChI=1S/C11H14ClNO.ClH/c1-14-11-6-8(2-3-10(11)12)9-4-5-13-7-9;/h2-3,6,9,13H,4-5,7H2,1H3;1H. The molecule has 1 unspecified atom stereocenters. The highest BCUT2D eigenvalue weighted by Gasteiger charge is 2.17. The number of methoxy groups -OCH3 is 1. The summed E-state index contributed by atoms with van der Waals surface area (Å²) in [6.45, 7) is 2.17. The van der Waals surface area contributed by atoms with E-state index in [-0.39, 0.29) is 12.4 Å². The van der Waals surface area contributed by atoms with Crippen LogP contribution in [0.4, 0.5) is 0 Å². The van der Waals surface area contributed by atoms with Crippen LogP contribution in [0.5, 0.6) is 5.75 Å². The van der Waals surface area contributed by atoms with Gasteiger partial charge in [-0.1, -0.05) is 17.7 Å². The molecule has 0 amide bonds. The summed E-state index contributed by atoms with van der Waals surface area (Å²) in [5.41, 5.74) is 1.32. The second-order valence-corrected chi connectivity index (χ2v) is 3.99. The van der Waals surface area contributed by atoms with Crippen molar-refractivity contribution in [2.45, 2.75) is 12.3 Å². The van der Waals surface area contributed by atoms with E-state index >= 15 is 0 Å². The lowest BCUT2D eigenvalue weighted by atomic mass is 9.98. The van der Waals surface area contributed by atoms with Crippen molar-refractivity contribution in [2.24, 2.45) is 0 Å². The van der Waals surface area contributed by atoms with E-state index in [1.165, 1.54) is 12.0 Å². The highest BCUT2D eigenvalue weighted by Crippen LogP contribution is 2.30. The zero-order chi connectivity index (χ0) is 9.97. The molecule has 0 spiro atoms. The first-order chi connectivity index (χ1) is 6.81. The first kappa shape index (κ1) is 12.6. The predicted molar refractivity (Wildman–Crippen MR) is 65.5 cm³/mol. The summed E-state index contributed by atoms with van der Waals surface area (Å²) in [4.78, 5) is 0. The van der Waals surface area contributed by atoms with Gasteiger partial charge in [-0.05, 0) is 36.6 Å². The van der Waals surface area contributed by atoms with Gasteiger partial charge in [0.05, 0.1) is 12.1 Å². The van der Waals surface area contributed by atoms with Gasteiger partial charge in [-0.15, -0.1) is 12.4 Å². The molecule has 1 aliphatic rings. The van der Waals surface area contributed by atoms with Crippen LogP contribution in [0, 0.1) is 0 Å². The van der Waals surface area contributed by atoms with Crippen molar-refractivity contribution in [3.05, 3.63) is 28.8 Å². The smallest absolute Gasteiger partial charge is 0.137 e. The minimum atomic E-state index is 0. The molecule has 0 bridgehead atoms. The average molecular weight is 248 g/mol. The van der Waals surface area contributed by atoms with Crippen molar-refractivity contribution in [1.29, 1.82) is 0 Å². The summed E-state index contributed by atoms with van der Waals surface area (Å²) >= 11 is 5.96. The number of hydrogen-bond acceptors (Lipinski definition) is 2. The molecule has 1 aromatic carbocycles. The van der Waals surface area contributed by atoms with E-state index in [0.717, 1.165) is 18.8 Å². The molecule has 15 heavy (non-hydrogen) atoms. The summed E-state index contributed by atoms with van der Waals surface area (Å²) in [5.74, 6) is 1.39. The van der Waals surface area contributed by atoms with Crippen LogP contribution in [0.2, 0.25) is 5.02 Å². The second-order valence-electron chi connectivity index (χ2n) is 3.58. The molecule has 1 saturated heterocycles. The second kappa shape index (κ2) is 5.59. The Morgan fingerprint density at radius 1 is 1.47 bits per heavy atom. The number of rotatable bonds is 2. The van der Waals surface area contributed by atoms with Gasteiger partial charge in [-0.25, -0.2) is 0 Å². The zero-order valence-electron chi connectivity index (χ0n) is 8.63. The summed E-state index contributed by atoms with van der Waals surface area (Å²) in [7, 11) is 1.65. The van der Waals surface area contributed by atoms with Crippen LogP contribution in [0.15, 0.2) is 18.2 Å². The number of ether oxygens (including phenoxy) is 1. The predicted octanol–water partition coefficient (Wildman–Crippen LogP) is 2.85. The number of halogens is 2. The lowest BCUT2D eigenvalue weighted by Gasteiger charge is -2.11. The fourth-order valence-corrected chi connectivity index (χ4v) is 2.06. The molecular formula is C11H15Cl2NO. The van der Waals surface area contributed by atoms with E-state index in [4.69, 9.17) is 16.3 Å². The van der Waals surface area contributed by atoms with E-state index in [1.54, 1.807) is 7.11 Å². The largest absolute Gasteiger partial charge is 0.495 e. The Morgan fingerprint density at radius 3 is 2.87 bits per heavy atom. The summed E-state index contributed by atoms with van der Waals surface area (Å²) < 4.78 is 5.19. The number of hydrogen-bond donors (Lipinski definition) is 1. The van der Waals surface area contributed by atoms with Crippen LogP contribution < -0.4 is 10.1 Å². The molecule has 1 aromatic rings. The Bertz CT molecular complexity index is 324. The maximum atomic E-state index is 5.96. The van der Waals surface area contributed by atoms with E-state index < -0.39 is 0 Å². The minimum Gasteiger partial charge on any atom is -0.495 e. The van der Waals surface area contributed by atoms with E-state index in [1.807, 2.05) is 12.1 Å². The number of benzene rings is 1. The van der Waals surface area contributed by atoms with Gasteiger partial charge >= 0.3 is 0 Å². The van der Waals surface area contributed by atoms with Gasteiger partial charge in [0.2, 0.25) is 0 Å². The van der Waals surface area contributed by atoms with Gasteiger partial charge in [-0.3, -0.25) is 0 Å². The highest BCUT2D eigenvalue weighted by molar-refractivity contribution is 6.32. The third kappa shape index (κ3) is 2.77. The molecule has 1 atom stereocenters. The molecule has 4 heteroatoms. The van der Waals surface area contributed by atoms with Crippen LogP contribution >= 0.6 is 24.0 Å². The van der Waals surface area contributed by atoms with Gasteiger partial charge in [0, 0.05) is 6.54 Å². The molecule has 0 aromatic heterocycles. The van der Waals surface area contributed by atoms with Crippen LogP contribution in [-0.4, -0.2) is 20.2 Å². The zero-order valence-corrected chi connectivity index (χ0v) is 10.2. The van der Waals surface area contributed by atoms with Crippen molar-refractivity contribution >= 4 is 24.0 Å². The highest BCUT2D eigenvalue weighted by atomic mass is 35.5. The molecule has 84 valence electrons. The Labute approximate surface area is 101 Å². The molecule has 0 saturated carbocycles. The summed E-state index contributed by atoms with van der Waals surface area (Å²) in [6.07, 6.45) is 1.20. The third-order valence-corrected chi connectivity index (χ3v) is 3.02. The van der Waals surface area contributed by atoms with E-state index in [0.29, 0.717) is 10.9 Å². The van der Waals surface area contributed by atoms with Crippen LogP contribution in [0.3, 0.4) is 0 Å². The van der Waals surface area contributed by atoms with Gasteiger partial charge in [-0.2, -0.15) is 0 Å². The molecule has 2 nitrogen and oxygen atoms in total. The van der Waals surface area contributed by atoms with Crippen molar-refractivity contribution in [3.8, 4) is 5.75 Å². The number of nitrogens with one attached hydrogen (secondary N) is 1. The molecule has 2 rings (SSSR count). The minimum absolute atomic E-state index is 0. The Balaban J connectivity index is 0.00000112. The van der Waals surface area contributed by atoms with Gasteiger partial charge in [0.1, 0.15) is 5.75 Å². The first-order valence-corrected chi connectivity index (χ1v) is 5.23. The lowest BCUT2D eigenvalue weighted by Crippen LogP contribution is -2.07. The van der Waals surface area contributed by atoms with E-state index in [2.05, 4.69) is 11.4 Å². The molecular weight excluding hydrogens is 233 g/mol. The van der Waals surface area contributed by atoms with Crippen molar-refractivity contribution < 1.29 is 4.74 Å². The Hall–Kier alpha value is -0.440. The molecule has 1 N–H and O–H groups in total. The maximum Gasteiger partial charge on any atom is 0.137 e. The SMILES string of the molecule is COc1cc(C2CCNC2)ccc1Cl.Cl. The normalized spacial score (nSPS) is 19.7. The monoisotopic (exact) mass is 247 g/mol. The first-order valence-electron chi connectivity index (χ1n) is 4.85. The quantitative estimate of drug-likeness (QED) is 0.868. The van der Waals surface area contributed by atoms with Crippen molar-refractivity contribution in [3.63, 3.8) is 0 Å². The van der Waals surface area contributed by atoms with E-state index in [9.17, 15) is 0 Å². The Kier molecular flexibility index (Phi) is 4.71. The van der Waals surface area contributed by atoms with Crippen LogP contribution in [0.25, 0.3) is 0 Å². The van der Waals surface area contributed by atoms with Gasteiger partial charge in [0.25, 0.3) is 0 Å². The van der Waals surface area contributed by atoms with Gasteiger partial charge < -0.3 is 10.1 Å². The summed E-state index contributed by atoms with van der Waals surface area (Å²) in [5, 5.41) is 4.03. The van der Waals surface area contributed by atoms with Crippen LogP contribution in [0.1, 0.15) is 17.9 Å². The fraction of sp³-hybridized carbons (Fsp3) is 0.455. The van der Waals surface area contributed by atoms with Crippen LogP contribution in [-0.2, 0) is 0 Å². The average Bonchev–Trinajstić information content (AvgIpc) is 2.71. The fourth-order valence-electron chi connectivity index (χ4n) is 1.87. The Morgan fingerprint density at radius 2 is 2.27 bits per heavy atom. The summed E-state index contributed by atoms with van der Waals surface area (Å²) in [6, 6.07) is 6.04. The molecule has 0 radical (unpaired) electrons. The molecule has 1 heterocycles. The lowest BCUT2D eigenvalue weighted by molar-refractivity contribution is 0.414. The van der Waals surface area contributed by atoms with Crippen molar-refractivity contribution in [1.82, 2.24) is 5.32 Å². The van der Waals surface area contributed by atoms with Crippen molar-refractivity contribution in [2.75, 3.05) is 20.2 Å². The topological polar surface area (TPSA) is 21.3 Å². The molecule has 1 aliphatic heterocycles. The third-order valence-electron chi connectivity index (χ3n) is 2.71.